The Bertz CT molecular complexity index is 895. The highest BCUT2D eigenvalue weighted by Gasteiger charge is 2.10. The molecule has 0 aliphatic rings. The summed E-state index contributed by atoms with van der Waals surface area (Å²) in [4.78, 5) is 15.6. The first kappa shape index (κ1) is 15.9. The molecule has 0 atom stereocenters. The van der Waals surface area contributed by atoms with Crippen LogP contribution >= 0.6 is 0 Å². The molecule has 3 aromatic rings. The normalized spacial score (nSPS) is 10.6. The van der Waals surface area contributed by atoms with Gasteiger partial charge in [-0.25, -0.2) is 13.6 Å². The molecule has 3 rings (SSSR count). The van der Waals surface area contributed by atoms with Gasteiger partial charge in [0.15, 0.2) is 5.82 Å². The van der Waals surface area contributed by atoms with Crippen molar-refractivity contribution in [3.05, 3.63) is 65.9 Å². The molecular weight excluding hydrogens is 314 g/mol. The van der Waals surface area contributed by atoms with E-state index >= 15 is 0 Å². The first-order valence-electron chi connectivity index (χ1n) is 7.36. The number of hydrogen-bond acceptors (Lipinski definition) is 4. The Balaban J connectivity index is 1.91. The van der Waals surface area contributed by atoms with Gasteiger partial charge < -0.3 is 10.1 Å². The number of esters is 1. The van der Waals surface area contributed by atoms with Crippen LogP contribution in [0.15, 0.2) is 48.7 Å². The summed E-state index contributed by atoms with van der Waals surface area (Å²) < 4.78 is 32.2. The van der Waals surface area contributed by atoms with Crippen LogP contribution in [0.5, 0.6) is 0 Å². The van der Waals surface area contributed by atoms with Gasteiger partial charge in [-0.15, -0.1) is 0 Å². The first-order valence-corrected chi connectivity index (χ1v) is 7.36. The van der Waals surface area contributed by atoms with Gasteiger partial charge >= 0.3 is 5.97 Å². The zero-order valence-electron chi connectivity index (χ0n) is 12.8. The predicted octanol–water partition coefficient (Wildman–Crippen LogP) is 4.43. The summed E-state index contributed by atoms with van der Waals surface area (Å²) in [6.45, 7) is 2.04. The lowest BCUT2D eigenvalue weighted by atomic mass is 10.1. The van der Waals surface area contributed by atoms with E-state index < -0.39 is 17.6 Å². The van der Waals surface area contributed by atoms with E-state index in [0.29, 0.717) is 28.9 Å². The van der Waals surface area contributed by atoms with Crippen LogP contribution in [0.25, 0.3) is 10.9 Å². The molecule has 0 aliphatic carbocycles. The molecule has 0 saturated carbocycles. The molecule has 24 heavy (non-hydrogen) atoms. The Morgan fingerprint density at radius 1 is 1.17 bits per heavy atom. The molecule has 1 N–H and O–H groups in total. The Morgan fingerprint density at radius 2 is 1.92 bits per heavy atom. The fraction of sp³-hybridized carbons (Fsp3) is 0.111. The van der Waals surface area contributed by atoms with Crippen LogP contribution in [0.4, 0.5) is 20.2 Å². The van der Waals surface area contributed by atoms with Crippen LogP contribution in [0.1, 0.15) is 17.3 Å². The monoisotopic (exact) mass is 328 g/mol. The number of rotatable bonds is 4. The van der Waals surface area contributed by atoms with Crippen LogP contribution in [0.3, 0.4) is 0 Å². The fourth-order valence-corrected chi connectivity index (χ4v) is 2.35. The van der Waals surface area contributed by atoms with E-state index in [0.717, 1.165) is 6.07 Å². The number of anilines is 2. The third-order valence-electron chi connectivity index (χ3n) is 3.44. The highest BCUT2D eigenvalue weighted by atomic mass is 19.1. The number of carbonyl (C=O) groups excluding carboxylic acids is 1. The zero-order chi connectivity index (χ0) is 17.1. The number of nitrogens with zero attached hydrogens (tertiary/aromatic N) is 1. The Morgan fingerprint density at radius 3 is 2.62 bits per heavy atom. The Labute approximate surface area is 137 Å². The molecule has 0 fully saturated rings. The molecule has 0 aliphatic heterocycles. The minimum absolute atomic E-state index is 0.0875. The van der Waals surface area contributed by atoms with Gasteiger partial charge in [-0.3, -0.25) is 4.98 Å². The minimum Gasteiger partial charge on any atom is -0.462 e. The van der Waals surface area contributed by atoms with E-state index in [4.69, 9.17) is 4.74 Å². The van der Waals surface area contributed by atoms with E-state index in [1.807, 2.05) is 0 Å². The Kier molecular flexibility index (Phi) is 4.37. The van der Waals surface area contributed by atoms with E-state index in [2.05, 4.69) is 10.3 Å². The summed E-state index contributed by atoms with van der Waals surface area (Å²) in [5.74, 6) is -1.79. The lowest BCUT2D eigenvalue weighted by Gasteiger charge is -2.10. The van der Waals surface area contributed by atoms with E-state index in [1.165, 1.54) is 12.3 Å². The zero-order valence-corrected chi connectivity index (χ0v) is 12.8. The molecule has 2 aromatic carbocycles. The van der Waals surface area contributed by atoms with Crippen LogP contribution in [-0.4, -0.2) is 17.6 Å². The van der Waals surface area contributed by atoms with Gasteiger partial charge in [0.05, 0.1) is 12.2 Å². The standard InChI is InChI=1S/C18H14F2N2O2/c1-2-24-18(23)11-3-5-13(6-4-11)22-16-7-8-21-17-14(16)9-12(19)10-15(17)20/h3-10H,2H2,1H3,(H,21,22). The molecule has 6 heteroatoms. The van der Waals surface area contributed by atoms with Gasteiger partial charge in [0, 0.05) is 29.0 Å². The molecule has 0 saturated heterocycles. The highest BCUT2D eigenvalue weighted by molar-refractivity contribution is 5.94. The SMILES string of the molecule is CCOC(=O)c1ccc(Nc2ccnc3c(F)cc(F)cc23)cc1. The van der Waals surface area contributed by atoms with Gasteiger partial charge in [0.25, 0.3) is 0 Å². The van der Waals surface area contributed by atoms with E-state index in [1.54, 1.807) is 37.3 Å². The van der Waals surface area contributed by atoms with Gasteiger partial charge in [-0.1, -0.05) is 0 Å². The molecule has 0 bridgehead atoms. The number of benzene rings is 2. The third kappa shape index (κ3) is 3.17. The van der Waals surface area contributed by atoms with Crippen LogP contribution in [-0.2, 0) is 4.74 Å². The summed E-state index contributed by atoms with van der Waals surface area (Å²) in [6, 6.07) is 10.3. The molecule has 0 spiro atoms. The van der Waals surface area contributed by atoms with Crippen molar-refractivity contribution in [3.8, 4) is 0 Å². The van der Waals surface area contributed by atoms with E-state index in [-0.39, 0.29) is 5.52 Å². The average molecular weight is 328 g/mol. The summed E-state index contributed by atoms with van der Waals surface area (Å²) in [5, 5.41) is 3.41. The van der Waals surface area contributed by atoms with Crippen molar-refractivity contribution >= 4 is 28.2 Å². The number of halogens is 2. The van der Waals surface area contributed by atoms with Crippen molar-refractivity contribution in [1.29, 1.82) is 0 Å². The Hall–Kier alpha value is -3.02. The molecule has 0 unspecified atom stereocenters. The van der Waals surface area contributed by atoms with Gasteiger partial charge in [-0.05, 0) is 43.3 Å². The van der Waals surface area contributed by atoms with Crippen molar-refractivity contribution in [2.45, 2.75) is 6.92 Å². The maximum atomic E-state index is 13.8. The number of carbonyl (C=O) groups is 1. The van der Waals surface area contributed by atoms with E-state index in [9.17, 15) is 13.6 Å². The number of ether oxygens (including phenoxy) is 1. The average Bonchev–Trinajstić information content (AvgIpc) is 2.56. The van der Waals surface area contributed by atoms with Crippen molar-refractivity contribution < 1.29 is 18.3 Å². The molecule has 1 heterocycles. The number of aromatic nitrogens is 1. The van der Waals surface area contributed by atoms with Crippen molar-refractivity contribution in [1.82, 2.24) is 4.98 Å². The van der Waals surface area contributed by atoms with Gasteiger partial charge in [-0.2, -0.15) is 0 Å². The molecule has 1 aromatic heterocycles. The molecule has 0 amide bonds. The van der Waals surface area contributed by atoms with Gasteiger partial charge in [0.1, 0.15) is 11.3 Å². The quantitative estimate of drug-likeness (QED) is 0.720. The second kappa shape index (κ2) is 6.62. The largest absolute Gasteiger partial charge is 0.462 e. The lowest BCUT2D eigenvalue weighted by molar-refractivity contribution is 0.0526. The van der Waals surface area contributed by atoms with Crippen molar-refractivity contribution in [2.24, 2.45) is 0 Å². The summed E-state index contributed by atoms with van der Waals surface area (Å²) >= 11 is 0. The molecule has 4 nitrogen and oxygen atoms in total. The van der Waals surface area contributed by atoms with Crippen LogP contribution < -0.4 is 5.32 Å². The summed E-state index contributed by atoms with van der Waals surface area (Å²) in [5.41, 5.74) is 1.70. The first-order chi connectivity index (χ1) is 11.6. The highest BCUT2D eigenvalue weighted by Crippen LogP contribution is 2.27. The number of hydrogen-bond donors (Lipinski definition) is 1. The van der Waals surface area contributed by atoms with Crippen molar-refractivity contribution in [3.63, 3.8) is 0 Å². The third-order valence-corrected chi connectivity index (χ3v) is 3.44. The number of pyridine rings is 1. The topological polar surface area (TPSA) is 51.2 Å². The number of fused-ring (bicyclic) bond motifs is 1. The smallest absolute Gasteiger partial charge is 0.338 e. The molecule has 0 radical (unpaired) electrons. The lowest BCUT2D eigenvalue weighted by Crippen LogP contribution is -2.04. The van der Waals surface area contributed by atoms with Gasteiger partial charge in [0.2, 0.25) is 0 Å². The number of nitrogens with one attached hydrogen (secondary N) is 1. The maximum Gasteiger partial charge on any atom is 0.338 e. The maximum absolute atomic E-state index is 13.8. The van der Waals surface area contributed by atoms with Crippen LogP contribution in [0, 0.1) is 11.6 Å². The summed E-state index contributed by atoms with van der Waals surface area (Å²) in [7, 11) is 0. The molecular formula is C18H14F2N2O2. The summed E-state index contributed by atoms with van der Waals surface area (Å²) in [6.07, 6.45) is 1.44. The molecule has 122 valence electrons. The second-order valence-electron chi connectivity index (χ2n) is 5.07. The fourth-order valence-electron chi connectivity index (χ4n) is 2.35. The van der Waals surface area contributed by atoms with Crippen molar-refractivity contribution in [2.75, 3.05) is 11.9 Å². The second-order valence-corrected chi connectivity index (χ2v) is 5.07. The predicted molar refractivity (Wildman–Crippen MR) is 87.3 cm³/mol. The van der Waals surface area contributed by atoms with Crippen LogP contribution in [0.2, 0.25) is 0 Å². The minimum atomic E-state index is -0.716.